The van der Waals surface area contributed by atoms with Crippen LogP contribution in [0.15, 0.2) is 30.3 Å². The Balaban J connectivity index is 1.69. The van der Waals surface area contributed by atoms with E-state index in [0.717, 1.165) is 6.42 Å². The Morgan fingerprint density at radius 3 is 2.45 bits per heavy atom. The third-order valence-electron chi connectivity index (χ3n) is 6.24. The Bertz CT molecular complexity index is 538. The van der Waals surface area contributed by atoms with Gasteiger partial charge in [0, 0.05) is 17.5 Å². The van der Waals surface area contributed by atoms with Crippen molar-refractivity contribution in [1.29, 1.82) is 0 Å². The maximum absolute atomic E-state index is 12.7. The monoisotopic (exact) mass is 300 g/mol. The number of carbonyl (C=O) groups is 1. The Morgan fingerprint density at radius 1 is 1.23 bits per heavy atom. The zero-order valence-corrected chi connectivity index (χ0v) is 13.9. The Morgan fingerprint density at radius 2 is 1.86 bits per heavy atom. The molecule has 120 valence electrons. The molecule has 2 fully saturated rings. The van der Waals surface area contributed by atoms with E-state index in [1.165, 1.54) is 18.4 Å². The molecule has 2 bridgehead atoms. The van der Waals surface area contributed by atoms with Gasteiger partial charge in [0.05, 0.1) is 5.92 Å². The fourth-order valence-electron chi connectivity index (χ4n) is 4.33. The summed E-state index contributed by atoms with van der Waals surface area (Å²) in [6.07, 6.45) is 3.53. The van der Waals surface area contributed by atoms with Crippen molar-refractivity contribution in [2.45, 2.75) is 57.5 Å². The smallest absolute Gasteiger partial charge is 0.225 e. The standard InChI is InChI=1S/C19H28N2O/c1-12(19(2,3)15-7-5-4-6-8-15)21-18(22)16-13-9-10-14(11-13)17(16)20/h4-8,12-14,16-17H,9-11,20H2,1-3H3,(H,21,22). The summed E-state index contributed by atoms with van der Waals surface area (Å²) >= 11 is 0. The maximum atomic E-state index is 12.7. The van der Waals surface area contributed by atoms with Crippen LogP contribution in [0.2, 0.25) is 0 Å². The van der Waals surface area contributed by atoms with Gasteiger partial charge < -0.3 is 11.1 Å². The van der Waals surface area contributed by atoms with E-state index in [2.05, 4.69) is 50.4 Å². The number of carbonyl (C=O) groups excluding carboxylic acids is 1. The van der Waals surface area contributed by atoms with Gasteiger partial charge in [-0.1, -0.05) is 44.2 Å². The quantitative estimate of drug-likeness (QED) is 0.898. The highest BCUT2D eigenvalue weighted by atomic mass is 16.2. The lowest BCUT2D eigenvalue weighted by Gasteiger charge is -2.35. The number of amides is 1. The number of hydrogen-bond acceptors (Lipinski definition) is 2. The minimum absolute atomic E-state index is 0.0211. The summed E-state index contributed by atoms with van der Waals surface area (Å²) < 4.78 is 0. The molecular formula is C19H28N2O. The van der Waals surface area contributed by atoms with Gasteiger partial charge in [-0.3, -0.25) is 4.79 Å². The average Bonchev–Trinajstić information content (AvgIpc) is 3.08. The molecule has 2 saturated carbocycles. The first kappa shape index (κ1) is 15.5. The molecule has 0 radical (unpaired) electrons. The van der Waals surface area contributed by atoms with Gasteiger partial charge in [-0.25, -0.2) is 0 Å². The molecule has 5 unspecified atom stereocenters. The lowest BCUT2D eigenvalue weighted by molar-refractivity contribution is -0.128. The van der Waals surface area contributed by atoms with Gasteiger partial charge in [-0.2, -0.15) is 0 Å². The molecule has 1 aromatic rings. The molecule has 3 rings (SSSR count). The van der Waals surface area contributed by atoms with Crippen molar-refractivity contribution in [1.82, 2.24) is 5.32 Å². The van der Waals surface area contributed by atoms with Crippen molar-refractivity contribution >= 4 is 5.91 Å². The highest BCUT2D eigenvalue weighted by Crippen LogP contribution is 2.47. The summed E-state index contributed by atoms with van der Waals surface area (Å²) in [6.45, 7) is 6.48. The molecule has 22 heavy (non-hydrogen) atoms. The lowest BCUT2D eigenvalue weighted by Crippen LogP contribution is -2.52. The van der Waals surface area contributed by atoms with Crippen LogP contribution in [0.5, 0.6) is 0 Å². The predicted molar refractivity (Wildman–Crippen MR) is 89.4 cm³/mol. The molecule has 2 aliphatic carbocycles. The zero-order valence-electron chi connectivity index (χ0n) is 13.9. The number of fused-ring (bicyclic) bond motifs is 2. The number of benzene rings is 1. The van der Waals surface area contributed by atoms with E-state index < -0.39 is 0 Å². The van der Waals surface area contributed by atoms with Crippen molar-refractivity contribution in [3.05, 3.63) is 35.9 Å². The largest absolute Gasteiger partial charge is 0.352 e. The van der Waals surface area contributed by atoms with Gasteiger partial charge in [0.2, 0.25) is 5.91 Å². The topological polar surface area (TPSA) is 55.1 Å². The number of nitrogens with two attached hydrogens (primary N) is 1. The molecule has 1 aromatic carbocycles. The normalized spacial score (nSPS) is 32.0. The van der Waals surface area contributed by atoms with Crippen molar-refractivity contribution in [2.24, 2.45) is 23.5 Å². The van der Waals surface area contributed by atoms with Crippen LogP contribution in [0.25, 0.3) is 0 Å². The van der Waals surface area contributed by atoms with Gasteiger partial charge in [0.15, 0.2) is 0 Å². The molecule has 0 heterocycles. The SMILES string of the molecule is CC(NC(=O)C1C2CCC(C2)C1N)C(C)(C)c1ccccc1. The van der Waals surface area contributed by atoms with Gasteiger partial charge in [0.1, 0.15) is 0 Å². The molecule has 3 N–H and O–H groups in total. The summed E-state index contributed by atoms with van der Waals surface area (Å²) in [6, 6.07) is 10.5. The molecular weight excluding hydrogens is 272 g/mol. The average molecular weight is 300 g/mol. The lowest BCUT2D eigenvalue weighted by atomic mass is 9.77. The van der Waals surface area contributed by atoms with Crippen LogP contribution in [0.3, 0.4) is 0 Å². The van der Waals surface area contributed by atoms with Crippen LogP contribution in [0.4, 0.5) is 0 Å². The Kier molecular flexibility index (Phi) is 4.02. The second kappa shape index (κ2) is 5.69. The van der Waals surface area contributed by atoms with Crippen LogP contribution in [0, 0.1) is 17.8 Å². The summed E-state index contributed by atoms with van der Waals surface area (Å²) in [5.74, 6) is 1.26. The molecule has 3 heteroatoms. The summed E-state index contributed by atoms with van der Waals surface area (Å²) in [7, 11) is 0. The zero-order chi connectivity index (χ0) is 15.9. The molecule has 5 atom stereocenters. The fourth-order valence-corrected chi connectivity index (χ4v) is 4.33. The van der Waals surface area contributed by atoms with Gasteiger partial charge in [-0.05, 0) is 43.6 Å². The number of rotatable bonds is 4. The van der Waals surface area contributed by atoms with E-state index in [1.54, 1.807) is 0 Å². The predicted octanol–water partition coefficient (Wildman–Crippen LogP) is 2.84. The highest BCUT2D eigenvalue weighted by molar-refractivity contribution is 5.81. The van der Waals surface area contributed by atoms with E-state index in [0.29, 0.717) is 11.8 Å². The molecule has 3 nitrogen and oxygen atoms in total. The van der Waals surface area contributed by atoms with E-state index >= 15 is 0 Å². The second-order valence-electron chi connectivity index (χ2n) is 7.75. The van der Waals surface area contributed by atoms with Crippen LogP contribution in [0.1, 0.15) is 45.6 Å². The van der Waals surface area contributed by atoms with Gasteiger partial charge in [0.25, 0.3) is 0 Å². The first-order valence-corrected chi connectivity index (χ1v) is 8.52. The molecule has 0 spiro atoms. The van der Waals surface area contributed by atoms with Crippen molar-refractivity contribution in [3.63, 3.8) is 0 Å². The summed E-state index contributed by atoms with van der Waals surface area (Å²) in [5, 5.41) is 3.26. The van der Waals surface area contributed by atoms with Gasteiger partial charge in [-0.15, -0.1) is 0 Å². The number of hydrogen-bond donors (Lipinski definition) is 2. The van der Waals surface area contributed by atoms with Crippen molar-refractivity contribution < 1.29 is 4.79 Å². The van der Waals surface area contributed by atoms with E-state index in [9.17, 15) is 4.79 Å². The van der Waals surface area contributed by atoms with Crippen LogP contribution in [-0.2, 0) is 10.2 Å². The molecule has 2 aliphatic rings. The minimum atomic E-state index is -0.0986. The molecule has 0 aliphatic heterocycles. The van der Waals surface area contributed by atoms with Crippen LogP contribution < -0.4 is 11.1 Å². The molecule has 1 amide bonds. The van der Waals surface area contributed by atoms with Gasteiger partial charge >= 0.3 is 0 Å². The maximum Gasteiger partial charge on any atom is 0.225 e. The molecule has 0 aromatic heterocycles. The molecule has 0 saturated heterocycles. The van der Waals surface area contributed by atoms with Crippen LogP contribution >= 0.6 is 0 Å². The van der Waals surface area contributed by atoms with E-state index in [1.807, 2.05) is 6.07 Å². The Hall–Kier alpha value is -1.35. The van der Waals surface area contributed by atoms with Crippen LogP contribution in [-0.4, -0.2) is 18.0 Å². The van der Waals surface area contributed by atoms with Crippen molar-refractivity contribution in [2.75, 3.05) is 0 Å². The third kappa shape index (κ3) is 2.56. The second-order valence-corrected chi connectivity index (χ2v) is 7.75. The third-order valence-corrected chi connectivity index (χ3v) is 6.24. The Labute approximate surface area is 133 Å². The summed E-state index contributed by atoms with van der Waals surface area (Å²) in [5.41, 5.74) is 7.45. The minimum Gasteiger partial charge on any atom is -0.352 e. The van der Waals surface area contributed by atoms with E-state index in [-0.39, 0.29) is 29.3 Å². The van der Waals surface area contributed by atoms with Crippen molar-refractivity contribution in [3.8, 4) is 0 Å². The highest BCUT2D eigenvalue weighted by Gasteiger charge is 2.49. The first-order valence-electron chi connectivity index (χ1n) is 8.52. The number of nitrogens with one attached hydrogen (secondary N) is 1. The fraction of sp³-hybridized carbons (Fsp3) is 0.632. The van der Waals surface area contributed by atoms with E-state index in [4.69, 9.17) is 5.73 Å². The first-order chi connectivity index (χ1) is 10.4. The summed E-state index contributed by atoms with van der Waals surface area (Å²) in [4.78, 5) is 12.7.